The zero-order chi connectivity index (χ0) is 14.2. The largest absolute Gasteiger partial charge is 0.416 e. The molecule has 1 aromatic heterocycles. The standard InChI is InChI=1S/C15H11F3N2/c16-15(17,18)10-5-7-11(8-6-10)20-14-9-19-13-4-2-1-3-12(13)14/h1-9,19-20H. The number of rotatable bonds is 2. The van der Waals surface area contributed by atoms with Gasteiger partial charge in [-0.25, -0.2) is 0 Å². The first-order chi connectivity index (χ1) is 9.54. The van der Waals surface area contributed by atoms with Gasteiger partial charge in [0.1, 0.15) is 0 Å². The van der Waals surface area contributed by atoms with Crippen molar-refractivity contribution in [3.05, 3.63) is 60.3 Å². The Labute approximate surface area is 113 Å². The second-order valence-corrected chi connectivity index (χ2v) is 4.45. The van der Waals surface area contributed by atoms with Crippen molar-refractivity contribution in [2.24, 2.45) is 0 Å². The fourth-order valence-electron chi connectivity index (χ4n) is 2.07. The van der Waals surface area contributed by atoms with Crippen LogP contribution in [-0.4, -0.2) is 4.98 Å². The van der Waals surface area contributed by atoms with Gasteiger partial charge in [0.2, 0.25) is 0 Å². The summed E-state index contributed by atoms with van der Waals surface area (Å²) < 4.78 is 37.4. The highest BCUT2D eigenvalue weighted by atomic mass is 19.4. The first-order valence-corrected chi connectivity index (χ1v) is 6.04. The zero-order valence-electron chi connectivity index (χ0n) is 10.3. The monoisotopic (exact) mass is 276 g/mol. The van der Waals surface area contributed by atoms with Gasteiger partial charge in [-0.05, 0) is 30.3 Å². The quantitative estimate of drug-likeness (QED) is 0.682. The molecule has 102 valence electrons. The van der Waals surface area contributed by atoms with Gasteiger partial charge in [-0.2, -0.15) is 13.2 Å². The molecule has 0 fully saturated rings. The number of halogens is 3. The third-order valence-electron chi connectivity index (χ3n) is 3.08. The van der Waals surface area contributed by atoms with E-state index in [4.69, 9.17) is 0 Å². The van der Waals surface area contributed by atoms with E-state index in [0.717, 1.165) is 28.7 Å². The van der Waals surface area contributed by atoms with E-state index in [2.05, 4.69) is 10.3 Å². The van der Waals surface area contributed by atoms with Crippen LogP contribution in [0.2, 0.25) is 0 Å². The van der Waals surface area contributed by atoms with Gasteiger partial charge in [0.15, 0.2) is 0 Å². The minimum absolute atomic E-state index is 0.614. The summed E-state index contributed by atoms with van der Waals surface area (Å²) in [5, 5.41) is 4.10. The van der Waals surface area contributed by atoms with E-state index in [-0.39, 0.29) is 0 Å². The lowest BCUT2D eigenvalue weighted by Gasteiger charge is -2.09. The van der Waals surface area contributed by atoms with Crippen LogP contribution in [0.1, 0.15) is 5.56 Å². The average Bonchev–Trinajstić information content (AvgIpc) is 2.82. The predicted molar refractivity (Wildman–Crippen MR) is 73.0 cm³/mol. The van der Waals surface area contributed by atoms with E-state index < -0.39 is 11.7 Å². The van der Waals surface area contributed by atoms with Crippen LogP contribution >= 0.6 is 0 Å². The summed E-state index contributed by atoms with van der Waals surface area (Å²) in [4.78, 5) is 3.10. The van der Waals surface area contributed by atoms with Gasteiger partial charge in [0, 0.05) is 22.8 Å². The average molecular weight is 276 g/mol. The lowest BCUT2D eigenvalue weighted by Crippen LogP contribution is -2.04. The van der Waals surface area contributed by atoms with Gasteiger partial charge in [0.05, 0.1) is 11.3 Å². The van der Waals surface area contributed by atoms with Crippen LogP contribution in [-0.2, 0) is 6.18 Å². The Bertz CT molecular complexity index is 727. The molecule has 2 nitrogen and oxygen atoms in total. The van der Waals surface area contributed by atoms with Gasteiger partial charge < -0.3 is 10.3 Å². The molecular formula is C15H11F3N2. The maximum Gasteiger partial charge on any atom is 0.416 e. The molecule has 0 spiro atoms. The third-order valence-corrected chi connectivity index (χ3v) is 3.08. The smallest absolute Gasteiger partial charge is 0.359 e. The van der Waals surface area contributed by atoms with Crippen LogP contribution < -0.4 is 5.32 Å². The van der Waals surface area contributed by atoms with Crippen molar-refractivity contribution in [3.63, 3.8) is 0 Å². The minimum atomic E-state index is -4.31. The molecule has 0 radical (unpaired) electrons. The number of nitrogens with one attached hydrogen (secondary N) is 2. The third kappa shape index (κ3) is 2.34. The van der Waals surface area contributed by atoms with Gasteiger partial charge in [-0.1, -0.05) is 18.2 Å². The van der Waals surface area contributed by atoms with Crippen molar-refractivity contribution < 1.29 is 13.2 Å². The van der Waals surface area contributed by atoms with Gasteiger partial charge >= 0.3 is 6.18 Å². The van der Waals surface area contributed by atoms with Gasteiger partial charge in [0.25, 0.3) is 0 Å². The molecule has 5 heteroatoms. The molecule has 2 N–H and O–H groups in total. The molecular weight excluding hydrogens is 265 g/mol. The number of hydrogen-bond acceptors (Lipinski definition) is 1. The molecule has 0 atom stereocenters. The number of aromatic amines is 1. The number of hydrogen-bond donors (Lipinski definition) is 2. The molecule has 0 saturated carbocycles. The highest BCUT2D eigenvalue weighted by Crippen LogP contribution is 2.31. The van der Waals surface area contributed by atoms with Crippen molar-refractivity contribution in [2.45, 2.75) is 6.18 Å². The summed E-state index contributed by atoms with van der Waals surface area (Å²) in [6, 6.07) is 12.7. The fourth-order valence-corrected chi connectivity index (χ4v) is 2.07. The lowest BCUT2D eigenvalue weighted by molar-refractivity contribution is -0.137. The highest BCUT2D eigenvalue weighted by molar-refractivity contribution is 5.93. The van der Waals surface area contributed by atoms with Crippen molar-refractivity contribution >= 4 is 22.3 Å². The summed E-state index contributed by atoms with van der Waals surface area (Å²) in [6.07, 6.45) is -2.51. The minimum Gasteiger partial charge on any atom is -0.359 e. The van der Waals surface area contributed by atoms with E-state index in [1.165, 1.54) is 12.1 Å². The maximum absolute atomic E-state index is 12.5. The van der Waals surface area contributed by atoms with Gasteiger partial charge in [-0.15, -0.1) is 0 Å². The summed E-state index contributed by atoms with van der Waals surface area (Å²) in [7, 11) is 0. The molecule has 3 aromatic rings. The number of alkyl halides is 3. The summed E-state index contributed by atoms with van der Waals surface area (Å²) in [5.41, 5.74) is 1.77. The molecule has 1 heterocycles. The Morgan fingerprint density at radius 2 is 1.60 bits per heavy atom. The van der Waals surface area contributed by atoms with Crippen molar-refractivity contribution in [1.82, 2.24) is 4.98 Å². The number of benzene rings is 2. The Balaban J connectivity index is 1.88. The molecule has 0 amide bonds. The highest BCUT2D eigenvalue weighted by Gasteiger charge is 2.29. The summed E-state index contributed by atoms with van der Waals surface area (Å²) in [6.45, 7) is 0. The second-order valence-electron chi connectivity index (χ2n) is 4.45. The van der Waals surface area contributed by atoms with Crippen LogP contribution in [0.15, 0.2) is 54.7 Å². The summed E-state index contributed by atoms with van der Waals surface area (Å²) >= 11 is 0. The summed E-state index contributed by atoms with van der Waals surface area (Å²) in [5.74, 6) is 0. The first kappa shape index (κ1) is 12.6. The second kappa shape index (κ2) is 4.59. The van der Waals surface area contributed by atoms with E-state index in [9.17, 15) is 13.2 Å². The first-order valence-electron chi connectivity index (χ1n) is 6.04. The Morgan fingerprint density at radius 3 is 2.30 bits per heavy atom. The molecule has 0 bridgehead atoms. The maximum atomic E-state index is 12.5. The van der Waals surface area contributed by atoms with E-state index in [0.29, 0.717) is 5.69 Å². The number of H-pyrrole nitrogens is 1. The predicted octanol–water partition coefficient (Wildman–Crippen LogP) is 4.93. The van der Waals surface area contributed by atoms with Crippen molar-refractivity contribution in [1.29, 1.82) is 0 Å². The van der Waals surface area contributed by atoms with Crippen molar-refractivity contribution in [3.8, 4) is 0 Å². The van der Waals surface area contributed by atoms with E-state index in [1.54, 1.807) is 6.20 Å². The molecule has 0 unspecified atom stereocenters. The molecule has 2 aromatic carbocycles. The van der Waals surface area contributed by atoms with Crippen LogP contribution in [0, 0.1) is 0 Å². The number of aromatic nitrogens is 1. The normalized spacial score (nSPS) is 11.8. The molecule has 0 aliphatic rings. The Morgan fingerprint density at radius 1 is 0.900 bits per heavy atom. The molecule has 0 saturated heterocycles. The van der Waals surface area contributed by atoms with Crippen LogP contribution in [0.25, 0.3) is 10.9 Å². The SMILES string of the molecule is FC(F)(F)c1ccc(Nc2c[nH]c3ccccc23)cc1. The van der Waals surface area contributed by atoms with Crippen LogP contribution in [0.5, 0.6) is 0 Å². The molecule has 3 rings (SSSR count). The molecule has 0 aliphatic carbocycles. The zero-order valence-corrected chi connectivity index (χ0v) is 10.3. The van der Waals surface area contributed by atoms with E-state index in [1.807, 2.05) is 24.3 Å². The fraction of sp³-hybridized carbons (Fsp3) is 0.0667. The van der Waals surface area contributed by atoms with Crippen LogP contribution in [0.3, 0.4) is 0 Å². The van der Waals surface area contributed by atoms with Gasteiger partial charge in [-0.3, -0.25) is 0 Å². The number of para-hydroxylation sites is 1. The molecule has 0 aliphatic heterocycles. The van der Waals surface area contributed by atoms with Crippen molar-refractivity contribution in [2.75, 3.05) is 5.32 Å². The van der Waals surface area contributed by atoms with Crippen LogP contribution in [0.4, 0.5) is 24.5 Å². The topological polar surface area (TPSA) is 27.8 Å². The van der Waals surface area contributed by atoms with E-state index >= 15 is 0 Å². The Kier molecular flexibility index (Phi) is 2.89. The number of anilines is 2. The lowest BCUT2D eigenvalue weighted by atomic mass is 10.2. The Hall–Kier alpha value is -2.43. The number of fused-ring (bicyclic) bond motifs is 1. The molecule has 20 heavy (non-hydrogen) atoms.